The van der Waals surface area contributed by atoms with Gasteiger partial charge in [-0.3, -0.25) is 4.79 Å². The van der Waals surface area contributed by atoms with Gasteiger partial charge in [0.05, 0.1) is 11.8 Å². The van der Waals surface area contributed by atoms with Crippen LogP contribution in [0.4, 0.5) is 10.7 Å². The second kappa shape index (κ2) is 10.5. The van der Waals surface area contributed by atoms with Crippen LogP contribution < -0.4 is 5.32 Å². The van der Waals surface area contributed by atoms with E-state index in [0.29, 0.717) is 17.2 Å². The number of thiophene rings is 1. The Morgan fingerprint density at radius 1 is 1.06 bits per heavy atom. The van der Waals surface area contributed by atoms with E-state index in [9.17, 15) is 4.79 Å². The minimum atomic E-state index is -0.0974. The van der Waals surface area contributed by atoms with Crippen molar-refractivity contribution in [3.63, 3.8) is 0 Å². The molecule has 4 aromatic rings. The fourth-order valence-electron chi connectivity index (χ4n) is 4.54. The van der Waals surface area contributed by atoms with Crippen LogP contribution in [0.15, 0.2) is 92.2 Å². The third-order valence-electron chi connectivity index (χ3n) is 6.60. The number of benzene rings is 2. The molecule has 0 radical (unpaired) electrons. The minimum Gasteiger partial charge on any atom is -0.449 e. The Bertz CT molecular complexity index is 1370. The molecule has 0 bridgehead atoms. The average Bonchev–Trinajstić information content (AvgIpc) is 3.46. The average molecular weight is 515 g/mol. The van der Waals surface area contributed by atoms with Crippen molar-refractivity contribution in [2.45, 2.75) is 50.0 Å². The van der Waals surface area contributed by atoms with E-state index in [1.165, 1.54) is 4.88 Å². The van der Waals surface area contributed by atoms with Gasteiger partial charge in [-0.2, -0.15) is 0 Å². The number of carbonyl (C=O) groups is 1. The molecule has 2 aromatic heterocycles. The number of nitrogens with one attached hydrogen (secondary N) is 1. The summed E-state index contributed by atoms with van der Waals surface area (Å²) >= 11 is 3.22. The normalized spacial score (nSPS) is 15.7. The zero-order chi connectivity index (χ0) is 25.1. The molecular weight excluding hydrogens is 484 g/mol. The predicted molar refractivity (Wildman–Crippen MR) is 150 cm³/mol. The molecule has 5 rings (SSSR count). The molecule has 0 saturated heterocycles. The van der Waals surface area contributed by atoms with Crippen molar-refractivity contribution in [3.05, 3.63) is 94.6 Å². The Morgan fingerprint density at radius 2 is 1.78 bits per heavy atom. The van der Waals surface area contributed by atoms with E-state index in [4.69, 9.17) is 9.41 Å². The second-order valence-electron chi connectivity index (χ2n) is 10.1. The van der Waals surface area contributed by atoms with Gasteiger partial charge in [0, 0.05) is 15.5 Å². The number of fused-ring (bicyclic) bond motifs is 1. The van der Waals surface area contributed by atoms with Crippen molar-refractivity contribution in [1.29, 1.82) is 0 Å². The maximum Gasteiger partial charge on any atom is 0.259 e. The van der Waals surface area contributed by atoms with E-state index in [-0.39, 0.29) is 11.3 Å². The van der Waals surface area contributed by atoms with E-state index in [0.717, 1.165) is 45.5 Å². The lowest BCUT2D eigenvalue weighted by Gasteiger charge is -2.33. The molecule has 1 amide bonds. The summed E-state index contributed by atoms with van der Waals surface area (Å²) in [6.45, 7) is 6.92. The standard InChI is InChI=1S/C30H30N2O2S2/c1-30(2,3)20-14-16-24-25(18-20)36-29(27(24)28(33)32-21-10-6-4-7-11-21)31-19-22-15-17-26(34-22)35-23-12-8-5-9-13-23/h4-13,15,17,19-20H,14,16,18H2,1-3H3,(H,32,33)/t20-/m0/s1. The van der Waals surface area contributed by atoms with Gasteiger partial charge in [-0.15, -0.1) is 11.3 Å². The highest BCUT2D eigenvalue weighted by Gasteiger charge is 2.33. The van der Waals surface area contributed by atoms with Gasteiger partial charge in [-0.1, -0.05) is 68.9 Å². The monoisotopic (exact) mass is 514 g/mol. The highest BCUT2D eigenvalue weighted by Crippen LogP contribution is 2.45. The largest absolute Gasteiger partial charge is 0.449 e. The molecule has 0 fully saturated rings. The van der Waals surface area contributed by atoms with Gasteiger partial charge in [0.15, 0.2) is 5.09 Å². The van der Waals surface area contributed by atoms with Crippen LogP contribution in [0.2, 0.25) is 0 Å². The Morgan fingerprint density at radius 3 is 2.50 bits per heavy atom. The van der Waals surface area contributed by atoms with E-state index in [1.807, 2.05) is 60.7 Å². The maximum atomic E-state index is 13.5. The van der Waals surface area contributed by atoms with Gasteiger partial charge in [0.25, 0.3) is 5.91 Å². The van der Waals surface area contributed by atoms with Crippen LogP contribution in [-0.2, 0) is 12.8 Å². The summed E-state index contributed by atoms with van der Waals surface area (Å²) in [4.78, 5) is 20.6. The summed E-state index contributed by atoms with van der Waals surface area (Å²) in [7, 11) is 0. The molecule has 184 valence electrons. The third-order valence-corrected chi connectivity index (χ3v) is 8.69. The van der Waals surface area contributed by atoms with Crippen LogP contribution in [0.1, 0.15) is 53.8 Å². The van der Waals surface area contributed by atoms with E-state index in [1.54, 1.807) is 29.3 Å². The lowest BCUT2D eigenvalue weighted by atomic mass is 9.72. The Balaban J connectivity index is 1.42. The molecule has 4 nitrogen and oxygen atoms in total. The summed E-state index contributed by atoms with van der Waals surface area (Å²) in [6, 6.07) is 23.6. The topological polar surface area (TPSA) is 54.6 Å². The third kappa shape index (κ3) is 5.66. The zero-order valence-corrected chi connectivity index (χ0v) is 22.4. The Labute approximate surface area is 220 Å². The molecule has 1 aliphatic rings. The van der Waals surface area contributed by atoms with Gasteiger partial charge in [0.2, 0.25) is 0 Å². The quantitative estimate of drug-likeness (QED) is 0.262. The van der Waals surface area contributed by atoms with Crippen molar-refractivity contribution in [1.82, 2.24) is 0 Å². The number of rotatable bonds is 6. The number of hydrogen-bond donors (Lipinski definition) is 1. The van der Waals surface area contributed by atoms with Crippen molar-refractivity contribution in [2.75, 3.05) is 5.32 Å². The molecule has 0 spiro atoms. The van der Waals surface area contributed by atoms with Crippen LogP contribution >= 0.6 is 23.1 Å². The lowest BCUT2D eigenvalue weighted by molar-refractivity contribution is 0.102. The Hall–Kier alpha value is -3.09. The van der Waals surface area contributed by atoms with Gasteiger partial charge < -0.3 is 9.73 Å². The summed E-state index contributed by atoms with van der Waals surface area (Å²) < 4.78 is 5.99. The summed E-state index contributed by atoms with van der Waals surface area (Å²) in [5.74, 6) is 1.16. The highest BCUT2D eigenvalue weighted by atomic mass is 32.2. The van der Waals surface area contributed by atoms with Crippen LogP contribution in [0.25, 0.3) is 0 Å². The predicted octanol–water partition coefficient (Wildman–Crippen LogP) is 8.65. The van der Waals surface area contributed by atoms with Gasteiger partial charge >= 0.3 is 0 Å². The molecule has 0 unspecified atom stereocenters. The molecule has 1 aliphatic carbocycles. The minimum absolute atomic E-state index is 0.0974. The summed E-state index contributed by atoms with van der Waals surface area (Å²) in [5.41, 5.74) is 2.88. The van der Waals surface area contributed by atoms with E-state index in [2.05, 4.69) is 38.2 Å². The number of furan rings is 1. The van der Waals surface area contributed by atoms with Crippen molar-refractivity contribution in [3.8, 4) is 0 Å². The second-order valence-corrected chi connectivity index (χ2v) is 12.3. The molecule has 2 heterocycles. The number of aliphatic imine (C=N–C) groups is 1. The zero-order valence-electron chi connectivity index (χ0n) is 20.8. The van der Waals surface area contributed by atoms with Crippen LogP contribution in [0.3, 0.4) is 0 Å². The Kier molecular flexibility index (Phi) is 7.17. The molecule has 0 saturated carbocycles. The molecule has 36 heavy (non-hydrogen) atoms. The van der Waals surface area contributed by atoms with Crippen molar-refractivity contribution < 1.29 is 9.21 Å². The number of para-hydroxylation sites is 1. The van der Waals surface area contributed by atoms with Crippen LogP contribution in [-0.4, -0.2) is 12.1 Å². The van der Waals surface area contributed by atoms with Crippen LogP contribution in [0, 0.1) is 11.3 Å². The fraction of sp³-hybridized carbons (Fsp3) is 0.267. The summed E-state index contributed by atoms with van der Waals surface area (Å²) in [6.07, 6.45) is 4.70. The van der Waals surface area contributed by atoms with Crippen molar-refractivity contribution >= 4 is 45.9 Å². The number of nitrogens with zero attached hydrogens (tertiary/aromatic N) is 1. The molecule has 1 atom stereocenters. The summed E-state index contributed by atoms with van der Waals surface area (Å²) in [5, 5.41) is 4.63. The molecule has 0 aliphatic heterocycles. The molecule has 2 aromatic carbocycles. The smallest absolute Gasteiger partial charge is 0.259 e. The molecular formula is C30H30N2O2S2. The van der Waals surface area contributed by atoms with Gasteiger partial charge in [-0.05, 0) is 72.6 Å². The van der Waals surface area contributed by atoms with Gasteiger partial charge in [-0.25, -0.2) is 4.99 Å². The lowest BCUT2D eigenvalue weighted by Crippen LogP contribution is -2.27. The first-order valence-corrected chi connectivity index (χ1v) is 13.9. The number of amides is 1. The molecule has 6 heteroatoms. The molecule has 1 N–H and O–H groups in total. The van der Waals surface area contributed by atoms with E-state index >= 15 is 0 Å². The fourth-order valence-corrected chi connectivity index (χ4v) is 6.60. The van der Waals surface area contributed by atoms with E-state index < -0.39 is 0 Å². The van der Waals surface area contributed by atoms with Crippen molar-refractivity contribution in [2.24, 2.45) is 16.3 Å². The number of hydrogen-bond acceptors (Lipinski definition) is 5. The first kappa shape index (κ1) is 24.6. The maximum absolute atomic E-state index is 13.5. The first-order chi connectivity index (χ1) is 17.4. The van der Waals surface area contributed by atoms with Crippen LogP contribution in [0.5, 0.6) is 0 Å². The number of anilines is 1. The highest BCUT2D eigenvalue weighted by molar-refractivity contribution is 7.99. The van der Waals surface area contributed by atoms with Gasteiger partial charge in [0.1, 0.15) is 10.8 Å². The SMILES string of the molecule is CC(C)(C)[C@H]1CCc2c(sc(N=Cc3ccc(Sc4ccccc4)o3)c2C(=O)Nc2ccccc2)C1. The first-order valence-electron chi connectivity index (χ1n) is 12.2. The number of carbonyl (C=O) groups excluding carboxylic acids is 1.